The zero-order chi connectivity index (χ0) is 15.5. The summed E-state index contributed by atoms with van der Waals surface area (Å²) in [6.07, 6.45) is -2.17. The Morgan fingerprint density at radius 3 is 2.73 bits per heavy atom. The summed E-state index contributed by atoms with van der Waals surface area (Å²) >= 11 is 0. The lowest BCUT2D eigenvalue weighted by Crippen LogP contribution is -2.22. The van der Waals surface area contributed by atoms with E-state index in [0.717, 1.165) is 19.5 Å². The van der Waals surface area contributed by atoms with Crippen LogP contribution in [-0.2, 0) is 11.0 Å². The molecule has 1 aromatic rings. The third-order valence-corrected chi connectivity index (χ3v) is 3.45. The molecule has 0 aliphatic carbocycles. The third kappa shape index (κ3) is 5.03. The summed E-state index contributed by atoms with van der Waals surface area (Å²) in [6.45, 7) is 1.76. The van der Waals surface area contributed by atoms with Gasteiger partial charge in [-0.05, 0) is 37.9 Å². The zero-order valence-corrected chi connectivity index (χ0v) is 12.4. The Bertz CT molecular complexity index is 568. The minimum atomic E-state index is -4.57. The number of halogens is 4. The highest BCUT2D eigenvalue weighted by atomic mass is 35.5. The molecule has 1 aromatic heterocycles. The van der Waals surface area contributed by atoms with Crippen molar-refractivity contribution in [3.05, 3.63) is 28.2 Å². The molecule has 0 aromatic carbocycles. The molecule has 1 atom stereocenters. The second-order valence-corrected chi connectivity index (χ2v) is 5.07. The number of H-pyrrole nitrogens is 1. The molecule has 22 heavy (non-hydrogen) atoms. The third-order valence-electron chi connectivity index (χ3n) is 3.45. The van der Waals surface area contributed by atoms with Crippen LogP contribution >= 0.6 is 12.4 Å². The van der Waals surface area contributed by atoms with Crippen LogP contribution in [0.3, 0.4) is 0 Å². The van der Waals surface area contributed by atoms with Crippen LogP contribution in [0.15, 0.2) is 17.1 Å². The number of pyridine rings is 1. The lowest BCUT2D eigenvalue weighted by Gasteiger charge is -2.10. The molecular weight excluding hydrogens is 323 g/mol. The molecule has 0 bridgehead atoms. The fourth-order valence-corrected chi connectivity index (χ4v) is 2.25. The Balaban J connectivity index is 0.00000242. The van der Waals surface area contributed by atoms with Crippen LogP contribution < -0.4 is 16.2 Å². The first-order chi connectivity index (χ1) is 9.86. The molecule has 1 saturated heterocycles. The Morgan fingerprint density at radius 1 is 1.41 bits per heavy atom. The van der Waals surface area contributed by atoms with Crippen molar-refractivity contribution in [2.24, 2.45) is 5.92 Å². The van der Waals surface area contributed by atoms with Crippen LogP contribution in [0.5, 0.6) is 0 Å². The first kappa shape index (κ1) is 18.5. The van der Waals surface area contributed by atoms with Gasteiger partial charge in [-0.3, -0.25) is 9.59 Å². The van der Waals surface area contributed by atoms with Gasteiger partial charge in [-0.2, -0.15) is 13.2 Å². The fourth-order valence-electron chi connectivity index (χ4n) is 2.25. The van der Waals surface area contributed by atoms with Crippen LogP contribution in [0.25, 0.3) is 0 Å². The quantitative estimate of drug-likeness (QED) is 0.787. The minimum Gasteiger partial charge on any atom is -0.327 e. The molecule has 2 rings (SSSR count). The lowest BCUT2D eigenvalue weighted by atomic mass is 10.0. The number of nitrogens with one attached hydrogen (secondary N) is 3. The average Bonchev–Trinajstić information content (AvgIpc) is 2.91. The molecule has 9 heteroatoms. The van der Waals surface area contributed by atoms with Crippen molar-refractivity contribution in [3.8, 4) is 0 Å². The van der Waals surface area contributed by atoms with Gasteiger partial charge in [0.1, 0.15) is 5.69 Å². The molecule has 3 N–H and O–H groups in total. The summed E-state index contributed by atoms with van der Waals surface area (Å²) in [5.74, 6) is -0.0535. The van der Waals surface area contributed by atoms with E-state index in [-0.39, 0.29) is 24.5 Å². The largest absolute Gasteiger partial charge is 0.417 e. The normalized spacial score (nSPS) is 17.9. The zero-order valence-electron chi connectivity index (χ0n) is 11.6. The van der Waals surface area contributed by atoms with Gasteiger partial charge in [0.25, 0.3) is 5.56 Å². The SMILES string of the molecule is Cl.O=C(CCC1CCNC1)Nc1cc(C(F)(F)F)c[nH]c1=O. The number of anilines is 1. The molecule has 1 aliphatic heterocycles. The molecule has 0 saturated carbocycles. The summed E-state index contributed by atoms with van der Waals surface area (Å²) in [7, 11) is 0. The number of aromatic amines is 1. The van der Waals surface area contributed by atoms with Crippen molar-refractivity contribution in [2.45, 2.75) is 25.4 Å². The first-order valence-electron chi connectivity index (χ1n) is 6.67. The van der Waals surface area contributed by atoms with Gasteiger partial charge in [0.2, 0.25) is 5.91 Å². The van der Waals surface area contributed by atoms with Crippen LogP contribution in [0.2, 0.25) is 0 Å². The van der Waals surface area contributed by atoms with Crippen molar-refractivity contribution >= 4 is 24.0 Å². The van der Waals surface area contributed by atoms with Crippen molar-refractivity contribution in [1.29, 1.82) is 0 Å². The van der Waals surface area contributed by atoms with E-state index in [1.807, 2.05) is 4.98 Å². The molecule has 1 amide bonds. The molecule has 0 radical (unpaired) electrons. The van der Waals surface area contributed by atoms with E-state index in [2.05, 4.69) is 10.6 Å². The monoisotopic (exact) mass is 339 g/mol. The van der Waals surface area contributed by atoms with Crippen molar-refractivity contribution in [3.63, 3.8) is 0 Å². The van der Waals surface area contributed by atoms with Gasteiger partial charge in [0, 0.05) is 12.6 Å². The van der Waals surface area contributed by atoms with Gasteiger partial charge >= 0.3 is 6.18 Å². The summed E-state index contributed by atoms with van der Waals surface area (Å²) in [4.78, 5) is 25.1. The summed E-state index contributed by atoms with van der Waals surface area (Å²) < 4.78 is 37.6. The van der Waals surface area contributed by atoms with E-state index in [1.54, 1.807) is 0 Å². The van der Waals surface area contributed by atoms with Crippen LogP contribution in [0.1, 0.15) is 24.8 Å². The van der Waals surface area contributed by atoms with Gasteiger partial charge in [0.05, 0.1) is 5.56 Å². The highest BCUT2D eigenvalue weighted by molar-refractivity contribution is 5.90. The highest BCUT2D eigenvalue weighted by Crippen LogP contribution is 2.29. The summed E-state index contributed by atoms with van der Waals surface area (Å²) in [5, 5.41) is 5.41. The second kappa shape index (κ2) is 7.64. The first-order valence-corrected chi connectivity index (χ1v) is 6.67. The number of carbonyl (C=O) groups is 1. The number of amides is 1. The maximum atomic E-state index is 12.5. The van der Waals surface area contributed by atoms with Gasteiger partial charge in [-0.25, -0.2) is 0 Å². The lowest BCUT2D eigenvalue weighted by molar-refractivity contribution is -0.137. The molecule has 124 valence electrons. The number of hydrogen-bond acceptors (Lipinski definition) is 3. The summed E-state index contributed by atoms with van der Waals surface area (Å²) in [5.41, 5.74) is -2.13. The van der Waals surface area contributed by atoms with Crippen LogP contribution in [0.4, 0.5) is 18.9 Å². The molecule has 2 heterocycles. The van der Waals surface area contributed by atoms with Gasteiger partial charge in [-0.1, -0.05) is 0 Å². The highest BCUT2D eigenvalue weighted by Gasteiger charge is 2.31. The Kier molecular flexibility index (Phi) is 6.43. The van der Waals surface area contributed by atoms with Crippen molar-refractivity contribution in [2.75, 3.05) is 18.4 Å². The standard InChI is InChI=1S/C13H16F3N3O2.ClH/c14-13(15,16)9-5-10(12(21)18-7-9)19-11(20)2-1-8-3-4-17-6-8;/h5,7-8,17H,1-4,6H2,(H,18,21)(H,19,20);1H. The molecule has 5 nitrogen and oxygen atoms in total. The van der Waals surface area contributed by atoms with E-state index in [1.165, 1.54) is 0 Å². The van der Waals surface area contributed by atoms with Crippen molar-refractivity contribution in [1.82, 2.24) is 10.3 Å². The Morgan fingerprint density at radius 2 is 2.14 bits per heavy atom. The van der Waals surface area contributed by atoms with Crippen LogP contribution in [-0.4, -0.2) is 24.0 Å². The number of carbonyl (C=O) groups excluding carboxylic acids is 1. The van der Waals surface area contributed by atoms with E-state index in [4.69, 9.17) is 0 Å². The molecule has 0 spiro atoms. The van der Waals surface area contributed by atoms with Crippen molar-refractivity contribution < 1.29 is 18.0 Å². The predicted molar refractivity (Wildman–Crippen MR) is 78.2 cm³/mol. The van der Waals surface area contributed by atoms with E-state index in [9.17, 15) is 22.8 Å². The number of alkyl halides is 3. The number of rotatable bonds is 4. The fraction of sp³-hybridized carbons (Fsp3) is 0.538. The topological polar surface area (TPSA) is 74.0 Å². The van der Waals surface area contributed by atoms with E-state index >= 15 is 0 Å². The van der Waals surface area contributed by atoms with Gasteiger partial charge in [0.15, 0.2) is 0 Å². The molecule has 1 unspecified atom stereocenters. The van der Waals surface area contributed by atoms with Gasteiger partial charge < -0.3 is 15.6 Å². The Labute approximate surface area is 131 Å². The number of aromatic nitrogens is 1. The maximum Gasteiger partial charge on any atom is 0.417 e. The maximum absolute atomic E-state index is 12.5. The van der Waals surface area contributed by atoms with E-state index < -0.39 is 23.2 Å². The molecule has 1 aliphatic rings. The smallest absolute Gasteiger partial charge is 0.327 e. The second-order valence-electron chi connectivity index (χ2n) is 5.07. The summed E-state index contributed by atoms with van der Waals surface area (Å²) in [6, 6.07) is 0.647. The minimum absolute atomic E-state index is 0. The Hall–Kier alpha value is -1.54. The number of hydrogen-bond donors (Lipinski definition) is 3. The van der Waals surface area contributed by atoms with Gasteiger partial charge in [-0.15, -0.1) is 12.4 Å². The van der Waals surface area contributed by atoms with E-state index in [0.29, 0.717) is 24.6 Å². The molecule has 1 fully saturated rings. The average molecular weight is 340 g/mol. The predicted octanol–water partition coefficient (Wildman–Crippen LogP) is 2.14. The van der Waals surface area contributed by atoms with Crippen LogP contribution in [0, 0.1) is 5.92 Å². The molecular formula is C13H17ClF3N3O2.